The van der Waals surface area contributed by atoms with E-state index in [1.54, 1.807) is 42.5 Å². The van der Waals surface area contributed by atoms with E-state index in [9.17, 15) is 19.5 Å². The SMILES string of the molecule is Cc1ccc(-n2c(O)c(/C=N\NC(=O)C(=O)Nc3ccc(C)c(C)c3)c3ccccc3c2=O)c(C)c1. The zero-order valence-electron chi connectivity index (χ0n) is 20.4. The summed E-state index contributed by atoms with van der Waals surface area (Å²) < 4.78 is 1.21. The van der Waals surface area contributed by atoms with Crippen LogP contribution in [0.2, 0.25) is 0 Å². The molecule has 0 aliphatic rings. The molecule has 1 heterocycles. The van der Waals surface area contributed by atoms with Gasteiger partial charge in [-0.15, -0.1) is 0 Å². The van der Waals surface area contributed by atoms with E-state index in [4.69, 9.17) is 0 Å². The summed E-state index contributed by atoms with van der Waals surface area (Å²) in [5, 5.41) is 18.4. The van der Waals surface area contributed by atoms with Crippen LogP contribution in [0.3, 0.4) is 0 Å². The number of amides is 2. The van der Waals surface area contributed by atoms with Gasteiger partial charge >= 0.3 is 11.8 Å². The average Bonchev–Trinajstić information content (AvgIpc) is 2.84. The topological polar surface area (TPSA) is 113 Å². The molecule has 3 N–H and O–H groups in total. The second-order valence-electron chi connectivity index (χ2n) is 8.67. The third-order valence-corrected chi connectivity index (χ3v) is 6.03. The molecule has 0 fully saturated rings. The fourth-order valence-corrected chi connectivity index (χ4v) is 3.98. The quantitative estimate of drug-likeness (QED) is 0.232. The van der Waals surface area contributed by atoms with Crippen LogP contribution >= 0.6 is 0 Å². The van der Waals surface area contributed by atoms with Crippen LogP contribution in [0, 0.1) is 27.7 Å². The van der Waals surface area contributed by atoms with Crippen LogP contribution in [-0.4, -0.2) is 27.7 Å². The van der Waals surface area contributed by atoms with Crippen molar-refractivity contribution in [1.82, 2.24) is 9.99 Å². The van der Waals surface area contributed by atoms with Gasteiger partial charge in [-0.1, -0.05) is 42.0 Å². The number of benzene rings is 3. The van der Waals surface area contributed by atoms with E-state index in [-0.39, 0.29) is 17.0 Å². The second-order valence-corrected chi connectivity index (χ2v) is 8.67. The molecule has 0 unspecified atom stereocenters. The van der Waals surface area contributed by atoms with Crippen LogP contribution in [0.5, 0.6) is 5.88 Å². The minimum atomic E-state index is -0.976. The Kier molecular flexibility index (Phi) is 6.69. The van der Waals surface area contributed by atoms with Crippen molar-refractivity contribution in [1.29, 1.82) is 0 Å². The highest BCUT2D eigenvalue weighted by Gasteiger charge is 2.18. The number of hydrogen-bond donors (Lipinski definition) is 3. The predicted octanol–water partition coefficient (Wildman–Crippen LogP) is 4.02. The number of aryl methyl sites for hydroxylation is 4. The average molecular weight is 483 g/mol. The summed E-state index contributed by atoms with van der Waals surface area (Å²) in [6.07, 6.45) is 1.22. The van der Waals surface area contributed by atoms with E-state index in [0.29, 0.717) is 22.1 Å². The molecule has 0 aliphatic carbocycles. The Balaban J connectivity index is 1.66. The van der Waals surface area contributed by atoms with Crippen molar-refractivity contribution in [3.63, 3.8) is 0 Å². The molecule has 0 saturated heterocycles. The number of hydrogen-bond acceptors (Lipinski definition) is 5. The van der Waals surface area contributed by atoms with Gasteiger partial charge in [-0.05, 0) is 68.7 Å². The standard InChI is InChI=1S/C28H26N4O4/c1-16-9-12-24(19(4)13-16)32-27(35)22-8-6-5-7-21(22)23(28(32)36)15-29-31-26(34)25(33)30-20-11-10-17(2)18(3)14-20/h5-15,36H,1-4H3,(H,30,33)(H,31,34)/b29-15-. The lowest BCUT2D eigenvalue weighted by molar-refractivity contribution is -0.136. The molecule has 0 saturated carbocycles. The van der Waals surface area contributed by atoms with Crippen LogP contribution in [0.25, 0.3) is 16.5 Å². The summed E-state index contributed by atoms with van der Waals surface area (Å²) >= 11 is 0. The number of carbonyl (C=O) groups excluding carboxylic acids is 2. The van der Waals surface area contributed by atoms with E-state index in [2.05, 4.69) is 15.8 Å². The number of aromatic nitrogens is 1. The van der Waals surface area contributed by atoms with Gasteiger partial charge in [0.05, 0.1) is 17.5 Å². The number of pyridine rings is 1. The summed E-state index contributed by atoms with van der Waals surface area (Å²) in [5.41, 5.74) is 6.91. The number of fused-ring (bicyclic) bond motifs is 1. The molecule has 0 atom stereocenters. The largest absolute Gasteiger partial charge is 0.494 e. The molecule has 182 valence electrons. The number of carbonyl (C=O) groups is 2. The van der Waals surface area contributed by atoms with Crippen LogP contribution in [0.15, 0.2) is 70.6 Å². The molecular weight excluding hydrogens is 456 g/mol. The first-order valence-electron chi connectivity index (χ1n) is 11.3. The maximum absolute atomic E-state index is 13.3. The highest BCUT2D eigenvalue weighted by atomic mass is 16.3. The molecule has 0 radical (unpaired) electrons. The number of nitrogens with zero attached hydrogens (tertiary/aromatic N) is 2. The lowest BCUT2D eigenvalue weighted by Gasteiger charge is -2.15. The van der Waals surface area contributed by atoms with Crippen molar-refractivity contribution in [2.24, 2.45) is 5.10 Å². The van der Waals surface area contributed by atoms with Gasteiger partial charge in [-0.3, -0.25) is 14.4 Å². The first kappa shape index (κ1) is 24.4. The Morgan fingerprint density at radius 2 is 1.58 bits per heavy atom. The molecule has 0 spiro atoms. The Morgan fingerprint density at radius 1 is 0.861 bits per heavy atom. The summed E-state index contributed by atoms with van der Waals surface area (Å²) in [6, 6.07) is 17.6. The third kappa shape index (κ3) is 4.74. The van der Waals surface area contributed by atoms with Crippen molar-refractivity contribution in [3.05, 3.63) is 98.8 Å². The summed E-state index contributed by atoms with van der Waals surface area (Å²) in [6.45, 7) is 7.65. The van der Waals surface area contributed by atoms with E-state index in [1.165, 1.54) is 10.8 Å². The lowest BCUT2D eigenvalue weighted by Crippen LogP contribution is -2.32. The fourth-order valence-electron chi connectivity index (χ4n) is 3.98. The molecule has 36 heavy (non-hydrogen) atoms. The smallest absolute Gasteiger partial charge is 0.329 e. The number of anilines is 1. The molecule has 4 aromatic rings. The van der Waals surface area contributed by atoms with Gasteiger partial charge in [0, 0.05) is 16.5 Å². The molecule has 2 amide bonds. The molecule has 0 aliphatic heterocycles. The third-order valence-electron chi connectivity index (χ3n) is 6.03. The van der Waals surface area contributed by atoms with E-state index < -0.39 is 11.8 Å². The van der Waals surface area contributed by atoms with Gasteiger partial charge in [0.25, 0.3) is 5.56 Å². The zero-order chi connectivity index (χ0) is 26.0. The minimum absolute atomic E-state index is 0.222. The van der Waals surface area contributed by atoms with Crippen LogP contribution in [0.4, 0.5) is 5.69 Å². The van der Waals surface area contributed by atoms with Crippen molar-refractivity contribution in [2.45, 2.75) is 27.7 Å². The van der Waals surface area contributed by atoms with E-state index >= 15 is 0 Å². The van der Waals surface area contributed by atoms with Crippen molar-refractivity contribution < 1.29 is 14.7 Å². The van der Waals surface area contributed by atoms with Gasteiger partial charge in [0.1, 0.15) is 0 Å². The molecule has 3 aromatic carbocycles. The number of aromatic hydroxyl groups is 1. The van der Waals surface area contributed by atoms with E-state index in [0.717, 1.165) is 22.3 Å². The van der Waals surface area contributed by atoms with Crippen molar-refractivity contribution >= 4 is 34.5 Å². The van der Waals surface area contributed by atoms with Gasteiger partial charge in [0.2, 0.25) is 5.88 Å². The molecule has 0 bridgehead atoms. The molecule has 8 nitrogen and oxygen atoms in total. The van der Waals surface area contributed by atoms with Gasteiger partial charge in [-0.2, -0.15) is 5.10 Å². The lowest BCUT2D eigenvalue weighted by atomic mass is 10.1. The normalized spacial score (nSPS) is 11.1. The second kappa shape index (κ2) is 9.87. The summed E-state index contributed by atoms with van der Waals surface area (Å²) in [4.78, 5) is 37.9. The fraction of sp³-hybridized carbons (Fsp3) is 0.143. The van der Waals surface area contributed by atoms with Crippen LogP contribution in [-0.2, 0) is 9.59 Å². The van der Waals surface area contributed by atoms with Gasteiger partial charge in [-0.25, -0.2) is 9.99 Å². The van der Waals surface area contributed by atoms with Crippen molar-refractivity contribution in [2.75, 3.05) is 5.32 Å². The maximum atomic E-state index is 13.3. The molecule has 4 rings (SSSR count). The zero-order valence-corrected chi connectivity index (χ0v) is 20.4. The van der Waals surface area contributed by atoms with E-state index in [1.807, 2.05) is 45.9 Å². The Bertz CT molecular complexity index is 1600. The van der Waals surface area contributed by atoms with Gasteiger partial charge < -0.3 is 10.4 Å². The monoisotopic (exact) mass is 482 g/mol. The van der Waals surface area contributed by atoms with Crippen LogP contribution < -0.4 is 16.3 Å². The Morgan fingerprint density at radius 3 is 2.28 bits per heavy atom. The number of hydrazone groups is 1. The molecule has 1 aromatic heterocycles. The first-order valence-corrected chi connectivity index (χ1v) is 11.3. The molecule has 8 heteroatoms. The summed E-state index contributed by atoms with van der Waals surface area (Å²) in [5.74, 6) is -2.19. The summed E-state index contributed by atoms with van der Waals surface area (Å²) in [7, 11) is 0. The first-order chi connectivity index (χ1) is 17.2. The van der Waals surface area contributed by atoms with Crippen LogP contribution in [0.1, 0.15) is 27.8 Å². The predicted molar refractivity (Wildman–Crippen MR) is 141 cm³/mol. The number of rotatable bonds is 4. The Labute approximate surface area is 207 Å². The number of nitrogens with one attached hydrogen (secondary N) is 2. The maximum Gasteiger partial charge on any atom is 0.329 e. The Hall–Kier alpha value is -4.72. The highest BCUT2D eigenvalue weighted by Crippen LogP contribution is 2.27. The molecular formula is C28H26N4O4. The van der Waals surface area contributed by atoms with Gasteiger partial charge in [0.15, 0.2) is 0 Å². The minimum Gasteiger partial charge on any atom is -0.494 e. The highest BCUT2D eigenvalue weighted by molar-refractivity contribution is 6.39. The van der Waals surface area contributed by atoms with Crippen molar-refractivity contribution in [3.8, 4) is 11.6 Å².